The molecule has 1 aliphatic heterocycles. The van der Waals surface area contributed by atoms with E-state index in [1.807, 2.05) is 13.8 Å². The van der Waals surface area contributed by atoms with Crippen molar-refractivity contribution in [2.45, 2.75) is 26.3 Å². The van der Waals surface area contributed by atoms with Crippen LogP contribution >= 0.6 is 15.9 Å². The number of amides is 2. The van der Waals surface area contributed by atoms with Crippen molar-refractivity contribution < 1.29 is 23.8 Å². The average Bonchev–Trinajstić information content (AvgIpc) is 2.61. The fraction of sp³-hybridized carbons (Fsp3) is 0.412. The van der Waals surface area contributed by atoms with E-state index in [2.05, 4.69) is 26.6 Å². The number of hydrogen-bond acceptors (Lipinski definition) is 5. The highest BCUT2D eigenvalue weighted by molar-refractivity contribution is 9.10. The third-order valence-electron chi connectivity index (χ3n) is 3.79. The standard InChI is InChI=1S/C17H21BrN2O5/c1-5-11-13(16(21)24-4)14(20-17(22)19-11)9-7-10(18)15(25-6-2)12(8-9)23-3/h7-8,14H,5-6H2,1-4H3,(H2,19,20,22). The highest BCUT2D eigenvalue weighted by Crippen LogP contribution is 2.40. The lowest BCUT2D eigenvalue weighted by Crippen LogP contribution is -2.45. The Kier molecular flexibility index (Phi) is 6.30. The lowest BCUT2D eigenvalue weighted by molar-refractivity contribution is -0.136. The molecule has 1 aliphatic rings. The number of esters is 1. The molecule has 1 unspecified atom stereocenters. The molecule has 136 valence electrons. The number of hydrogen-bond donors (Lipinski definition) is 2. The summed E-state index contributed by atoms with van der Waals surface area (Å²) in [5, 5.41) is 5.43. The predicted molar refractivity (Wildman–Crippen MR) is 95.6 cm³/mol. The molecule has 25 heavy (non-hydrogen) atoms. The van der Waals surface area contributed by atoms with Crippen molar-refractivity contribution in [2.24, 2.45) is 0 Å². The molecule has 0 aliphatic carbocycles. The van der Waals surface area contributed by atoms with E-state index in [0.717, 1.165) is 0 Å². The molecule has 0 aromatic heterocycles. The second-order valence-corrected chi connectivity index (χ2v) is 6.09. The molecule has 1 aromatic rings. The van der Waals surface area contributed by atoms with Crippen LogP contribution in [0.2, 0.25) is 0 Å². The van der Waals surface area contributed by atoms with Crippen molar-refractivity contribution in [2.75, 3.05) is 20.8 Å². The summed E-state index contributed by atoms with van der Waals surface area (Å²) in [5.74, 6) is 0.563. The molecule has 7 nitrogen and oxygen atoms in total. The van der Waals surface area contributed by atoms with Crippen molar-refractivity contribution in [1.29, 1.82) is 0 Å². The Bertz CT molecular complexity index is 717. The SMILES string of the molecule is CCOc1c(Br)cc(C2NC(=O)NC(CC)=C2C(=O)OC)cc1OC. The van der Waals surface area contributed by atoms with Crippen LogP contribution in [0.15, 0.2) is 27.9 Å². The molecule has 1 atom stereocenters. The average molecular weight is 413 g/mol. The van der Waals surface area contributed by atoms with E-state index in [1.54, 1.807) is 12.1 Å². The zero-order chi connectivity index (χ0) is 18.6. The first kappa shape index (κ1) is 19.1. The molecule has 0 bridgehead atoms. The number of allylic oxidation sites excluding steroid dienone is 1. The van der Waals surface area contributed by atoms with Gasteiger partial charge in [-0.3, -0.25) is 0 Å². The topological polar surface area (TPSA) is 85.9 Å². The van der Waals surface area contributed by atoms with Gasteiger partial charge in [0, 0.05) is 5.70 Å². The Morgan fingerprint density at radius 3 is 2.56 bits per heavy atom. The molecule has 8 heteroatoms. The molecule has 1 heterocycles. The summed E-state index contributed by atoms with van der Waals surface area (Å²) in [6.07, 6.45) is 0.490. The van der Waals surface area contributed by atoms with E-state index in [0.29, 0.717) is 45.8 Å². The van der Waals surface area contributed by atoms with Gasteiger partial charge in [-0.2, -0.15) is 0 Å². The monoisotopic (exact) mass is 412 g/mol. The second-order valence-electron chi connectivity index (χ2n) is 5.24. The van der Waals surface area contributed by atoms with Crippen molar-refractivity contribution in [3.8, 4) is 11.5 Å². The van der Waals surface area contributed by atoms with Gasteiger partial charge in [0.1, 0.15) is 0 Å². The highest BCUT2D eigenvalue weighted by Gasteiger charge is 2.33. The van der Waals surface area contributed by atoms with Gasteiger partial charge in [-0.25, -0.2) is 9.59 Å². The van der Waals surface area contributed by atoms with Crippen molar-refractivity contribution in [3.63, 3.8) is 0 Å². The lowest BCUT2D eigenvalue weighted by Gasteiger charge is -2.29. The minimum absolute atomic E-state index is 0.364. The Morgan fingerprint density at radius 2 is 2.00 bits per heavy atom. The summed E-state index contributed by atoms with van der Waals surface area (Å²) >= 11 is 3.46. The Labute approximate surface area is 154 Å². The summed E-state index contributed by atoms with van der Waals surface area (Å²) in [6, 6.07) is 2.50. The van der Waals surface area contributed by atoms with Gasteiger partial charge >= 0.3 is 12.0 Å². The number of carbonyl (C=O) groups is 2. The van der Waals surface area contributed by atoms with E-state index < -0.39 is 12.0 Å². The molecule has 0 saturated carbocycles. The van der Waals surface area contributed by atoms with Crippen LogP contribution in [0.5, 0.6) is 11.5 Å². The summed E-state index contributed by atoms with van der Waals surface area (Å²) in [7, 11) is 2.84. The van der Waals surface area contributed by atoms with Gasteiger partial charge in [-0.15, -0.1) is 0 Å². The number of benzene rings is 1. The van der Waals surface area contributed by atoms with Gasteiger partial charge in [0.15, 0.2) is 11.5 Å². The largest absolute Gasteiger partial charge is 0.493 e. The van der Waals surface area contributed by atoms with Crippen molar-refractivity contribution >= 4 is 27.9 Å². The van der Waals surface area contributed by atoms with E-state index >= 15 is 0 Å². The minimum Gasteiger partial charge on any atom is -0.493 e. The van der Waals surface area contributed by atoms with Crippen molar-refractivity contribution in [3.05, 3.63) is 33.4 Å². The number of ether oxygens (including phenoxy) is 3. The molecule has 0 radical (unpaired) electrons. The molecule has 2 N–H and O–H groups in total. The Hall–Kier alpha value is -2.22. The summed E-state index contributed by atoms with van der Waals surface area (Å²) < 4.78 is 16.5. The molecular weight excluding hydrogens is 392 g/mol. The fourth-order valence-corrected chi connectivity index (χ4v) is 3.26. The number of urea groups is 1. The first-order chi connectivity index (χ1) is 12.0. The van der Waals surface area contributed by atoms with E-state index in [9.17, 15) is 9.59 Å². The first-order valence-corrected chi connectivity index (χ1v) is 8.65. The third-order valence-corrected chi connectivity index (χ3v) is 4.38. The van der Waals surface area contributed by atoms with Crippen LogP contribution in [0.25, 0.3) is 0 Å². The lowest BCUT2D eigenvalue weighted by atomic mass is 9.94. The van der Waals surface area contributed by atoms with Gasteiger partial charge in [-0.1, -0.05) is 6.92 Å². The number of nitrogens with one attached hydrogen (secondary N) is 2. The van der Waals surface area contributed by atoms with Gasteiger partial charge in [0.05, 0.1) is 36.9 Å². The Balaban J connectivity index is 2.59. The second kappa shape index (κ2) is 8.24. The van der Waals surface area contributed by atoms with Gasteiger partial charge in [0.25, 0.3) is 0 Å². The van der Waals surface area contributed by atoms with Crippen LogP contribution < -0.4 is 20.1 Å². The van der Waals surface area contributed by atoms with Gasteiger partial charge in [-0.05, 0) is 47.0 Å². The summed E-state index contributed by atoms with van der Waals surface area (Å²) in [4.78, 5) is 24.3. The highest BCUT2D eigenvalue weighted by atomic mass is 79.9. The molecule has 0 saturated heterocycles. The maximum Gasteiger partial charge on any atom is 0.337 e. The molecule has 0 spiro atoms. The van der Waals surface area contributed by atoms with Crippen LogP contribution in [0.4, 0.5) is 4.79 Å². The Morgan fingerprint density at radius 1 is 1.28 bits per heavy atom. The van der Waals surface area contributed by atoms with Crippen LogP contribution in [-0.2, 0) is 9.53 Å². The number of halogens is 1. The van der Waals surface area contributed by atoms with E-state index in [-0.39, 0.29) is 6.03 Å². The molecular formula is C17H21BrN2O5. The van der Waals surface area contributed by atoms with Crippen LogP contribution in [0.3, 0.4) is 0 Å². The maximum absolute atomic E-state index is 12.3. The zero-order valence-corrected chi connectivity index (χ0v) is 16.2. The molecule has 2 amide bonds. The summed E-state index contributed by atoms with van der Waals surface area (Å²) in [6.45, 7) is 4.21. The molecule has 0 fully saturated rings. The number of rotatable bonds is 6. The number of carbonyl (C=O) groups excluding carboxylic acids is 2. The third kappa shape index (κ3) is 3.89. The quantitative estimate of drug-likeness (QED) is 0.701. The van der Waals surface area contributed by atoms with Gasteiger partial charge in [0.2, 0.25) is 0 Å². The number of methoxy groups -OCH3 is 2. The zero-order valence-electron chi connectivity index (χ0n) is 14.6. The smallest absolute Gasteiger partial charge is 0.337 e. The summed E-state index contributed by atoms with van der Waals surface area (Å²) in [5.41, 5.74) is 1.57. The van der Waals surface area contributed by atoms with Crippen LogP contribution in [-0.4, -0.2) is 32.8 Å². The first-order valence-electron chi connectivity index (χ1n) is 7.85. The maximum atomic E-state index is 12.3. The molecule has 1 aromatic carbocycles. The van der Waals surface area contributed by atoms with Crippen LogP contribution in [0.1, 0.15) is 31.9 Å². The van der Waals surface area contributed by atoms with E-state index in [4.69, 9.17) is 14.2 Å². The normalized spacial score (nSPS) is 16.8. The van der Waals surface area contributed by atoms with Gasteiger partial charge < -0.3 is 24.8 Å². The van der Waals surface area contributed by atoms with E-state index in [1.165, 1.54) is 14.2 Å². The minimum atomic E-state index is -0.656. The fourth-order valence-electron chi connectivity index (χ4n) is 2.69. The predicted octanol–water partition coefficient (Wildman–Crippen LogP) is 3.05. The molecule has 2 rings (SSSR count). The van der Waals surface area contributed by atoms with Crippen molar-refractivity contribution in [1.82, 2.24) is 10.6 Å². The van der Waals surface area contributed by atoms with Crippen LogP contribution in [0, 0.1) is 0 Å².